The molecular formula is C21H25N3O3S. The van der Waals surface area contributed by atoms with Gasteiger partial charge in [0.2, 0.25) is 5.91 Å². The number of carbonyl (C=O) groups is 1. The van der Waals surface area contributed by atoms with Crippen molar-refractivity contribution in [2.24, 2.45) is 0 Å². The lowest BCUT2D eigenvalue weighted by molar-refractivity contribution is -0.120. The number of aryl methyl sites for hydroxylation is 1. The van der Waals surface area contributed by atoms with Gasteiger partial charge in [-0.05, 0) is 43.0 Å². The zero-order chi connectivity index (χ0) is 20.1. The summed E-state index contributed by atoms with van der Waals surface area (Å²) in [6.07, 6.45) is 0.290. The summed E-state index contributed by atoms with van der Waals surface area (Å²) < 4.78 is 12.5. The van der Waals surface area contributed by atoms with E-state index in [4.69, 9.17) is 9.47 Å². The zero-order valence-corrected chi connectivity index (χ0v) is 17.4. The molecular weight excluding hydrogens is 374 g/mol. The Morgan fingerprint density at radius 2 is 1.96 bits per heavy atom. The number of ether oxygens (including phenoxy) is 2. The third-order valence-electron chi connectivity index (χ3n) is 4.61. The number of hydrogen-bond donors (Lipinski definition) is 1. The number of hydrogen-bond acceptors (Lipinski definition) is 5. The lowest BCUT2D eigenvalue weighted by Crippen LogP contribution is -2.29. The second-order valence-electron chi connectivity index (χ2n) is 6.46. The summed E-state index contributed by atoms with van der Waals surface area (Å²) in [7, 11) is 3.17. The number of carbonyl (C=O) groups excluding carboxylic acids is 1. The lowest BCUT2D eigenvalue weighted by atomic mass is 10.1. The molecule has 6 nitrogen and oxygen atoms in total. The first-order chi connectivity index (χ1) is 13.5. The number of thiophene rings is 1. The van der Waals surface area contributed by atoms with E-state index in [1.54, 1.807) is 25.6 Å². The van der Waals surface area contributed by atoms with E-state index < -0.39 is 0 Å². The normalized spacial score (nSPS) is 10.7. The van der Waals surface area contributed by atoms with Crippen molar-refractivity contribution < 1.29 is 14.3 Å². The molecule has 1 N–H and O–H groups in total. The van der Waals surface area contributed by atoms with Gasteiger partial charge in [-0.15, -0.1) is 11.3 Å². The summed E-state index contributed by atoms with van der Waals surface area (Å²) in [6.45, 7) is 5.25. The van der Waals surface area contributed by atoms with Gasteiger partial charge in [0.25, 0.3) is 0 Å². The Morgan fingerprint density at radius 3 is 2.64 bits per heavy atom. The minimum atomic E-state index is -0.0350. The first kappa shape index (κ1) is 19.9. The Balaban J connectivity index is 1.57. The van der Waals surface area contributed by atoms with E-state index in [0.29, 0.717) is 24.6 Å². The van der Waals surface area contributed by atoms with Gasteiger partial charge in [0.05, 0.1) is 32.9 Å². The summed E-state index contributed by atoms with van der Waals surface area (Å²) in [5.74, 6) is 1.24. The number of nitrogens with zero attached hydrogens (tertiary/aromatic N) is 2. The Labute approximate surface area is 169 Å². The van der Waals surface area contributed by atoms with Gasteiger partial charge in [-0.3, -0.25) is 9.48 Å². The van der Waals surface area contributed by atoms with Crippen molar-refractivity contribution in [3.8, 4) is 21.9 Å². The highest BCUT2D eigenvalue weighted by Gasteiger charge is 2.14. The van der Waals surface area contributed by atoms with Gasteiger partial charge in [-0.25, -0.2) is 0 Å². The molecule has 0 saturated heterocycles. The zero-order valence-electron chi connectivity index (χ0n) is 16.6. The standard InChI is InChI=1S/C21H25N3O3S/c1-14-21(19-6-5-11-28-19)15(2)24(23-14)10-9-22-20(25)13-16-7-8-17(26-3)18(12-16)27-4/h5-8,11-12H,9-10,13H2,1-4H3,(H,22,25). The van der Waals surface area contributed by atoms with Crippen molar-refractivity contribution in [1.82, 2.24) is 15.1 Å². The minimum absolute atomic E-state index is 0.0350. The molecule has 0 unspecified atom stereocenters. The Hall–Kier alpha value is -2.80. The molecule has 3 aromatic rings. The summed E-state index contributed by atoms with van der Waals surface area (Å²) in [4.78, 5) is 13.5. The van der Waals surface area contributed by atoms with Crippen molar-refractivity contribution in [3.05, 3.63) is 52.7 Å². The molecule has 1 amide bonds. The fourth-order valence-corrected chi connectivity index (χ4v) is 4.11. The molecule has 0 fully saturated rings. The second kappa shape index (κ2) is 8.93. The van der Waals surface area contributed by atoms with Crippen LogP contribution in [0.5, 0.6) is 11.5 Å². The number of benzene rings is 1. The molecule has 1 aromatic carbocycles. The van der Waals surface area contributed by atoms with E-state index in [1.165, 1.54) is 10.4 Å². The van der Waals surface area contributed by atoms with Gasteiger partial charge in [-0.2, -0.15) is 5.10 Å². The number of nitrogens with one attached hydrogen (secondary N) is 1. The molecule has 2 heterocycles. The maximum absolute atomic E-state index is 12.3. The van der Waals surface area contributed by atoms with Gasteiger partial charge in [0.1, 0.15) is 0 Å². The van der Waals surface area contributed by atoms with E-state index in [2.05, 4.69) is 28.8 Å². The number of amides is 1. The molecule has 0 aliphatic carbocycles. The highest BCUT2D eigenvalue weighted by Crippen LogP contribution is 2.30. The highest BCUT2D eigenvalue weighted by molar-refractivity contribution is 7.13. The average Bonchev–Trinajstić information content (AvgIpc) is 3.29. The third kappa shape index (κ3) is 4.36. The first-order valence-electron chi connectivity index (χ1n) is 9.09. The molecule has 2 aromatic heterocycles. The molecule has 28 heavy (non-hydrogen) atoms. The van der Waals surface area contributed by atoms with Crippen LogP contribution in [-0.4, -0.2) is 36.5 Å². The predicted molar refractivity (Wildman–Crippen MR) is 111 cm³/mol. The smallest absolute Gasteiger partial charge is 0.224 e. The largest absolute Gasteiger partial charge is 0.493 e. The van der Waals surface area contributed by atoms with Crippen LogP contribution in [0.25, 0.3) is 10.4 Å². The van der Waals surface area contributed by atoms with Crippen molar-refractivity contribution in [2.75, 3.05) is 20.8 Å². The van der Waals surface area contributed by atoms with Crippen LogP contribution in [0, 0.1) is 13.8 Å². The van der Waals surface area contributed by atoms with Gasteiger partial charge < -0.3 is 14.8 Å². The molecule has 0 atom stereocenters. The maximum Gasteiger partial charge on any atom is 0.224 e. The molecule has 0 aliphatic rings. The van der Waals surface area contributed by atoms with Crippen LogP contribution in [0.1, 0.15) is 17.0 Å². The monoisotopic (exact) mass is 399 g/mol. The van der Waals surface area contributed by atoms with Crippen molar-refractivity contribution in [3.63, 3.8) is 0 Å². The molecule has 0 bridgehead atoms. The van der Waals surface area contributed by atoms with Crippen LogP contribution in [0.4, 0.5) is 0 Å². The van der Waals surface area contributed by atoms with Crippen molar-refractivity contribution >= 4 is 17.2 Å². The van der Waals surface area contributed by atoms with Crippen LogP contribution >= 0.6 is 11.3 Å². The lowest BCUT2D eigenvalue weighted by Gasteiger charge is -2.10. The predicted octanol–water partition coefficient (Wildman–Crippen LogP) is 3.60. The first-order valence-corrected chi connectivity index (χ1v) is 9.97. The van der Waals surface area contributed by atoms with Crippen molar-refractivity contribution in [2.45, 2.75) is 26.8 Å². The number of methoxy groups -OCH3 is 2. The maximum atomic E-state index is 12.3. The second-order valence-corrected chi connectivity index (χ2v) is 7.41. The Kier molecular flexibility index (Phi) is 6.36. The number of rotatable bonds is 8. The van der Waals surface area contributed by atoms with E-state index in [9.17, 15) is 4.79 Å². The average molecular weight is 400 g/mol. The summed E-state index contributed by atoms with van der Waals surface area (Å²) in [6, 6.07) is 9.66. The van der Waals surface area contributed by atoms with Crippen LogP contribution in [-0.2, 0) is 17.8 Å². The van der Waals surface area contributed by atoms with Crippen LogP contribution in [0.3, 0.4) is 0 Å². The van der Waals surface area contributed by atoms with Crippen LogP contribution in [0.15, 0.2) is 35.7 Å². The molecule has 0 radical (unpaired) electrons. The molecule has 148 valence electrons. The minimum Gasteiger partial charge on any atom is -0.493 e. The van der Waals surface area contributed by atoms with E-state index in [0.717, 1.165) is 17.0 Å². The SMILES string of the molecule is COc1ccc(CC(=O)NCCn2nc(C)c(-c3cccs3)c2C)cc1OC. The summed E-state index contributed by atoms with van der Waals surface area (Å²) in [5.41, 5.74) is 4.19. The molecule has 0 aliphatic heterocycles. The topological polar surface area (TPSA) is 65.4 Å². The van der Waals surface area contributed by atoms with E-state index in [-0.39, 0.29) is 12.3 Å². The highest BCUT2D eigenvalue weighted by atomic mass is 32.1. The molecule has 0 spiro atoms. The Morgan fingerprint density at radius 1 is 1.18 bits per heavy atom. The van der Waals surface area contributed by atoms with Crippen molar-refractivity contribution in [1.29, 1.82) is 0 Å². The third-order valence-corrected chi connectivity index (χ3v) is 5.49. The van der Waals surface area contributed by atoms with E-state index in [1.807, 2.05) is 35.9 Å². The molecule has 7 heteroatoms. The van der Waals surface area contributed by atoms with Crippen LogP contribution < -0.4 is 14.8 Å². The molecule has 3 rings (SSSR count). The van der Waals surface area contributed by atoms with Crippen LogP contribution in [0.2, 0.25) is 0 Å². The fourth-order valence-electron chi connectivity index (χ4n) is 3.23. The summed E-state index contributed by atoms with van der Waals surface area (Å²) >= 11 is 1.71. The Bertz CT molecular complexity index is 948. The van der Waals surface area contributed by atoms with Gasteiger partial charge in [0.15, 0.2) is 11.5 Å². The van der Waals surface area contributed by atoms with Gasteiger partial charge in [-0.1, -0.05) is 12.1 Å². The van der Waals surface area contributed by atoms with Gasteiger partial charge in [0, 0.05) is 22.7 Å². The fraction of sp³-hybridized carbons (Fsp3) is 0.333. The summed E-state index contributed by atoms with van der Waals surface area (Å²) in [5, 5.41) is 9.67. The number of aromatic nitrogens is 2. The van der Waals surface area contributed by atoms with Gasteiger partial charge >= 0.3 is 0 Å². The molecule has 0 saturated carbocycles. The van der Waals surface area contributed by atoms with E-state index >= 15 is 0 Å². The quantitative estimate of drug-likeness (QED) is 0.629.